The van der Waals surface area contributed by atoms with Crippen LogP contribution in [-0.2, 0) is 0 Å². The maximum Gasteiger partial charge on any atom is 0.196 e. The van der Waals surface area contributed by atoms with Crippen LogP contribution in [0, 0.1) is 0 Å². The highest BCUT2D eigenvalue weighted by atomic mass is 14.8. The van der Waals surface area contributed by atoms with Gasteiger partial charge in [0, 0.05) is 23.6 Å². The summed E-state index contributed by atoms with van der Waals surface area (Å²) >= 11 is 0. The SMILES string of the molecule is CB(C)c1cncc(B(C)C)n1. The highest BCUT2D eigenvalue weighted by molar-refractivity contribution is 6.72. The van der Waals surface area contributed by atoms with Gasteiger partial charge in [-0.1, -0.05) is 27.3 Å². The molecular formula is C8H14B2N2. The molecule has 0 amide bonds. The van der Waals surface area contributed by atoms with Crippen LogP contribution in [0.25, 0.3) is 0 Å². The summed E-state index contributed by atoms with van der Waals surface area (Å²) in [5.74, 6) is 0. The van der Waals surface area contributed by atoms with Gasteiger partial charge in [-0.05, 0) is 0 Å². The van der Waals surface area contributed by atoms with Crippen LogP contribution in [0.15, 0.2) is 12.4 Å². The topological polar surface area (TPSA) is 25.8 Å². The van der Waals surface area contributed by atoms with Gasteiger partial charge in [0.1, 0.15) is 0 Å². The molecular weight excluding hydrogens is 146 g/mol. The van der Waals surface area contributed by atoms with E-state index in [0.717, 1.165) is 11.2 Å². The smallest absolute Gasteiger partial charge is 0.196 e. The molecule has 0 spiro atoms. The molecule has 0 saturated heterocycles. The summed E-state index contributed by atoms with van der Waals surface area (Å²) in [6.07, 6.45) is 3.69. The summed E-state index contributed by atoms with van der Waals surface area (Å²) in [6, 6.07) is 0. The van der Waals surface area contributed by atoms with Gasteiger partial charge >= 0.3 is 0 Å². The first-order chi connectivity index (χ1) is 5.61. The molecule has 0 aliphatic heterocycles. The molecule has 1 heterocycles. The van der Waals surface area contributed by atoms with Crippen LogP contribution in [0.1, 0.15) is 0 Å². The molecule has 2 nitrogen and oxygen atoms in total. The minimum atomic E-state index is 0.469. The Morgan fingerprint density at radius 3 is 1.67 bits per heavy atom. The van der Waals surface area contributed by atoms with E-state index < -0.39 is 0 Å². The van der Waals surface area contributed by atoms with Gasteiger partial charge in [0.05, 0.1) is 0 Å². The van der Waals surface area contributed by atoms with Crippen LogP contribution in [0.5, 0.6) is 0 Å². The highest BCUT2D eigenvalue weighted by Gasteiger charge is 2.09. The zero-order chi connectivity index (χ0) is 9.14. The average Bonchev–Trinajstić information content (AvgIpc) is 2.04. The first kappa shape index (κ1) is 9.30. The molecule has 0 bridgehead atoms. The highest BCUT2D eigenvalue weighted by Crippen LogP contribution is 1.82. The Balaban J connectivity index is 2.96. The monoisotopic (exact) mass is 160 g/mol. The summed E-state index contributed by atoms with van der Waals surface area (Å²) in [4.78, 5) is 8.67. The summed E-state index contributed by atoms with van der Waals surface area (Å²) < 4.78 is 0. The van der Waals surface area contributed by atoms with E-state index in [-0.39, 0.29) is 0 Å². The van der Waals surface area contributed by atoms with Crippen LogP contribution in [0.2, 0.25) is 27.3 Å². The molecule has 0 aromatic carbocycles. The molecule has 12 heavy (non-hydrogen) atoms. The Labute approximate surface area is 75.0 Å². The molecule has 0 unspecified atom stereocenters. The summed E-state index contributed by atoms with van der Waals surface area (Å²) in [6.45, 7) is 9.47. The summed E-state index contributed by atoms with van der Waals surface area (Å²) in [5, 5.41) is 0. The third-order valence-corrected chi connectivity index (χ3v) is 1.85. The van der Waals surface area contributed by atoms with Crippen LogP contribution in [-0.4, -0.2) is 23.4 Å². The second kappa shape index (κ2) is 3.74. The van der Waals surface area contributed by atoms with Gasteiger partial charge in [-0.3, -0.25) is 9.97 Å². The van der Waals surface area contributed by atoms with Gasteiger partial charge in [0.25, 0.3) is 0 Å². The normalized spacial score (nSPS) is 9.67. The molecule has 0 radical (unpaired) electrons. The van der Waals surface area contributed by atoms with E-state index in [2.05, 4.69) is 37.3 Å². The van der Waals surface area contributed by atoms with Gasteiger partial charge in [-0.25, -0.2) is 0 Å². The van der Waals surface area contributed by atoms with E-state index in [1.807, 2.05) is 12.4 Å². The largest absolute Gasteiger partial charge is 0.275 e. The molecule has 0 saturated carbocycles. The minimum absolute atomic E-state index is 0.469. The van der Waals surface area contributed by atoms with Crippen molar-refractivity contribution in [3.05, 3.63) is 12.4 Å². The van der Waals surface area contributed by atoms with E-state index in [4.69, 9.17) is 0 Å². The molecule has 0 atom stereocenters. The van der Waals surface area contributed by atoms with E-state index in [9.17, 15) is 0 Å². The fraction of sp³-hybridized carbons (Fsp3) is 0.500. The Bertz CT molecular complexity index is 238. The van der Waals surface area contributed by atoms with Crippen molar-refractivity contribution >= 4 is 24.6 Å². The van der Waals surface area contributed by atoms with Crippen molar-refractivity contribution in [2.24, 2.45) is 0 Å². The number of aromatic nitrogens is 2. The first-order valence-electron chi connectivity index (χ1n) is 4.43. The Morgan fingerprint density at radius 2 is 1.33 bits per heavy atom. The molecule has 62 valence electrons. The van der Waals surface area contributed by atoms with E-state index in [1.54, 1.807) is 0 Å². The van der Waals surface area contributed by atoms with Crippen molar-refractivity contribution in [2.45, 2.75) is 27.3 Å². The van der Waals surface area contributed by atoms with E-state index >= 15 is 0 Å². The predicted molar refractivity (Wildman–Crippen MR) is 56.3 cm³/mol. The third-order valence-electron chi connectivity index (χ3n) is 1.85. The molecule has 4 heteroatoms. The second-order valence-electron chi connectivity index (χ2n) is 3.68. The number of hydrogen-bond donors (Lipinski definition) is 0. The van der Waals surface area contributed by atoms with Crippen LogP contribution < -0.4 is 11.2 Å². The minimum Gasteiger partial charge on any atom is -0.275 e. The van der Waals surface area contributed by atoms with Crippen molar-refractivity contribution in [1.82, 2.24) is 9.97 Å². The fourth-order valence-electron chi connectivity index (χ4n) is 0.953. The summed E-state index contributed by atoms with van der Waals surface area (Å²) in [5.41, 5.74) is 2.17. The number of rotatable bonds is 2. The van der Waals surface area contributed by atoms with E-state index in [0.29, 0.717) is 13.4 Å². The zero-order valence-electron chi connectivity index (χ0n) is 8.20. The Kier molecular flexibility index (Phi) is 2.90. The molecule has 1 aromatic rings. The van der Waals surface area contributed by atoms with Crippen molar-refractivity contribution in [3.8, 4) is 0 Å². The van der Waals surface area contributed by atoms with Crippen LogP contribution >= 0.6 is 0 Å². The second-order valence-corrected chi connectivity index (χ2v) is 3.68. The van der Waals surface area contributed by atoms with Crippen molar-refractivity contribution in [1.29, 1.82) is 0 Å². The molecule has 0 N–H and O–H groups in total. The lowest BCUT2D eigenvalue weighted by atomic mass is 9.50. The van der Waals surface area contributed by atoms with E-state index in [1.165, 1.54) is 0 Å². The maximum absolute atomic E-state index is 4.51. The van der Waals surface area contributed by atoms with Gasteiger partial charge in [0.15, 0.2) is 13.4 Å². The van der Waals surface area contributed by atoms with Crippen LogP contribution in [0.4, 0.5) is 0 Å². The summed E-state index contributed by atoms with van der Waals surface area (Å²) in [7, 11) is 0. The van der Waals surface area contributed by atoms with Gasteiger partial charge < -0.3 is 0 Å². The van der Waals surface area contributed by atoms with Crippen LogP contribution in [0.3, 0.4) is 0 Å². The fourth-order valence-corrected chi connectivity index (χ4v) is 0.953. The lowest BCUT2D eigenvalue weighted by molar-refractivity contribution is 1.27. The Morgan fingerprint density at radius 1 is 0.917 bits per heavy atom. The van der Waals surface area contributed by atoms with Gasteiger partial charge in [-0.15, -0.1) is 0 Å². The van der Waals surface area contributed by atoms with Crippen molar-refractivity contribution < 1.29 is 0 Å². The Hall–Kier alpha value is -0.790. The van der Waals surface area contributed by atoms with Crippen molar-refractivity contribution in [2.75, 3.05) is 0 Å². The quantitative estimate of drug-likeness (QED) is 0.585. The lowest BCUT2D eigenvalue weighted by Crippen LogP contribution is -2.37. The van der Waals surface area contributed by atoms with Gasteiger partial charge in [0.2, 0.25) is 0 Å². The third kappa shape index (κ3) is 2.10. The number of nitrogens with zero attached hydrogens (tertiary/aromatic N) is 2. The molecule has 1 rings (SSSR count). The number of hydrogen-bond acceptors (Lipinski definition) is 2. The molecule has 0 aliphatic carbocycles. The van der Waals surface area contributed by atoms with Gasteiger partial charge in [-0.2, -0.15) is 0 Å². The standard InChI is InChI=1S/C8H14B2N2/c1-9(2)7-5-11-6-8(12-7)10(3)4/h5-6H,1-4H3. The molecule has 0 aliphatic rings. The molecule has 1 aromatic heterocycles. The molecule has 0 fully saturated rings. The first-order valence-corrected chi connectivity index (χ1v) is 4.43. The predicted octanol–water partition coefficient (Wildman–Crippen LogP) is 0.399. The maximum atomic E-state index is 4.51. The average molecular weight is 160 g/mol. The zero-order valence-corrected chi connectivity index (χ0v) is 8.20. The lowest BCUT2D eigenvalue weighted by Gasteiger charge is -2.05. The van der Waals surface area contributed by atoms with Crippen molar-refractivity contribution in [3.63, 3.8) is 0 Å².